The first-order valence-corrected chi connectivity index (χ1v) is 8.74. The number of methoxy groups -OCH3 is 1. The molecule has 2 aromatic heterocycles. The number of thiazole rings is 1. The molecule has 7 nitrogen and oxygen atoms in total. The summed E-state index contributed by atoms with van der Waals surface area (Å²) in [6.45, 7) is 3.64. The summed E-state index contributed by atoms with van der Waals surface area (Å²) >= 11 is 1.40. The number of anilines is 1. The van der Waals surface area contributed by atoms with Gasteiger partial charge in [-0.3, -0.25) is 9.59 Å². The van der Waals surface area contributed by atoms with Crippen molar-refractivity contribution in [3.05, 3.63) is 57.3 Å². The number of aryl methyl sites for hydroxylation is 2. The molecule has 3 rings (SSSR count). The highest BCUT2D eigenvalue weighted by atomic mass is 32.1. The minimum absolute atomic E-state index is 0.180. The van der Waals surface area contributed by atoms with Gasteiger partial charge in [0.05, 0.1) is 18.5 Å². The molecule has 0 atom stereocenters. The topological polar surface area (TPSA) is 86.1 Å². The van der Waals surface area contributed by atoms with Crippen LogP contribution in [0.1, 0.15) is 10.6 Å². The van der Waals surface area contributed by atoms with Crippen LogP contribution in [0.3, 0.4) is 0 Å². The monoisotopic (exact) mass is 370 g/mol. The Kier molecular flexibility index (Phi) is 5.13. The highest BCUT2D eigenvalue weighted by Gasteiger charge is 2.11. The van der Waals surface area contributed by atoms with E-state index in [2.05, 4.69) is 15.4 Å². The van der Waals surface area contributed by atoms with Crippen molar-refractivity contribution in [2.45, 2.75) is 20.4 Å². The van der Waals surface area contributed by atoms with Crippen LogP contribution in [-0.2, 0) is 11.3 Å². The van der Waals surface area contributed by atoms with E-state index in [1.807, 2.05) is 38.1 Å². The summed E-state index contributed by atoms with van der Waals surface area (Å²) in [7, 11) is 1.59. The summed E-state index contributed by atoms with van der Waals surface area (Å²) in [5, 5.41) is 7.51. The molecule has 134 valence electrons. The number of carbonyl (C=O) groups is 1. The summed E-state index contributed by atoms with van der Waals surface area (Å²) < 4.78 is 6.27. The molecule has 26 heavy (non-hydrogen) atoms. The van der Waals surface area contributed by atoms with E-state index in [9.17, 15) is 9.59 Å². The summed E-state index contributed by atoms with van der Waals surface area (Å²) in [4.78, 5) is 29.6. The van der Waals surface area contributed by atoms with Crippen LogP contribution in [-0.4, -0.2) is 27.8 Å². The van der Waals surface area contributed by atoms with Crippen molar-refractivity contribution in [1.29, 1.82) is 0 Å². The van der Waals surface area contributed by atoms with Gasteiger partial charge in [0, 0.05) is 16.5 Å². The molecule has 0 saturated heterocycles. The summed E-state index contributed by atoms with van der Waals surface area (Å²) in [5.41, 5.74) is 1.96. The number of ether oxygens (including phenoxy) is 1. The van der Waals surface area contributed by atoms with Crippen molar-refractivity contribution >= 4 is 22.4 Å². The van der Waals surface area contributed by atoms with Crippen LogP contribution in [0.5, 0.6) is 5.75 Å². The molecule has 0 bridgehead atoms. The van der Waals surface area contributed by atoms with Crippen LogP contribution in [0.4, 0.5) is 5.13 Å². The molecule has 1 N–H and O–H groups in total. The molecule has 0 aliphatic heterocycles. The molecule has 1 aromatic carbocycles. The fourth-order valence-corrected chi connectivity index (χ4v) is 3.13. The van der Waals surface area contributed by atoms with E-state index >= 15 is 0 Å². The maximum absolute atomic E-state index is 12.2. The summed E-state index contributed by atoms with van der Waals surface area (Å²) in [6, 6.07) is 10.3. The zero-order valence-electron chi connectivity index (χ0n) is 14.6. The van der Waals surface area contributed by atoms with E-state index < -0.39 is 0 Å². The summed E-state index contributed by atoms with van der Waals surface area (Å²) in [6.07, 6.45) is 0. The summed E-state index contributed by atoms with van der Waals surface area (Å²) in [5.74, 6) is 0.385. The number of amides is 1. The first-order chi connectivity index (χ1) is 12.5. The number of nitrogens with one attached hydrogen (secondary N) is 1. The predicted molar refractivity (Wildman–Crippen MR) is 101 cm³/mol. The Morgan fingerprint density at radius 2 is 1.92 bits per heavy atom. The smallest absolute Gasteiger partial charge is 0.267 e. The minimum Gasteiger partial charge on any atom is -0.497 e. The Balaban J connectivity index is 1.78. The lowest BCUT2D eigenvalue weighted by Gasteiger charge is -2.07. The largest absolute Gasteiger partial charge is 0.497 e. The van der Waals surface area contributed by atoms with Crippen LogP contribution in [0.15, 0.2) is 41.2 Å². The highest BCUT2D eigenvalue weighted by molar-refractivity contribution is 7.15. The van der Waals surface area contributed by atoms with Crippen molar-refractivity contribution in [2.75, 3.05) is 12.4 Å². The SMILES string of the molecule is COc1ccc(-c2ccc(=O)n(CC(=O)Nc3nc(C)c(C)s3)n2)cc1. The molecule has 2 heterocycles. The number of nitrogens with zero attached hydrogens (tertiary/aromatic N) is 3. The van der Waals surface area contributed by atoms with E-state index in [0.717, 1.165) is 26.6 Å². The van der Waals surface area contributed by atoms with Gasteiger partial charge in [0.1, 0.15) is 12.3 Å². The third-order valence-corrected chi connectivity index (χ3v) is 4.81. The van der Waals surface area contributed by atoms with Crippen LogP contribution in [0.25, 0.3) is 11.3 Å². The molecular weight excluding hydrogens is 352 g/mol. The van der Waals surface area contributed by atoms with Crippen LogP contribution >= 0.6 is 11.3 Å². The molecule has 0 spiro atoms. The Labute approximate surface area is 154 Å². The van der Waals surface area contributed by atoms with Gasteiger partial charge in [-0.05, 0) is 44.2 Å². The van der Waals surface area contributed by atoms with Gasteiger partial charge in [-0.1, -0.05) is 0 Å². The minimum atomic E-state index is -0.347. The molecule has 0 radical (unpaired) electrons. The van der Waals surface area contributed by atoms with Gasteiger partial charge >= 0.3 is 0 Å². The second-order valence-electron chi connectivity index (χ2n) is 5.65. The standard InChI is InChI=1S/C18H18N4O3S/c1-11-12(2)26-18(19-11)20-16(23)10-22-17(24)9-8-15(21-22)13-4-6-14(25-3)7-5-13/h4-9H,10H2,1-3H3,(H,19,20,23). The second kappa shape index (κ2) is 7.49. The van der Waals surface area contributed by atoms with Gasteiger partial charge in [0.25, 0.3) is 5.56 Å². The number of hydrogen-bond donors (Lipinski definition) is 1. The molecule has 0 fully saturated rings. The maximum Gasteiger partial charge on any atom is 0.267 e. The van der Waals surface area contributed by atoms with Crippen molar-refractivity contribution in [3.63, 3.8) is 0 Å². The lowest BCUT2D eigenvalue weighted by atomic mass is 10.1. The normalized spacial score (nSPS) is 10.6. The molecule has 0 aliphatic rings. The van der Waals surface area contributed by atoms with Gasteiger partial charge in [0.2, 0.25) is 5.91 Å². The second-order valence-corrected chi connectivity index (χ2v) is 6.85. The zero-order valence-corrected chi connectivity index (χ0v) is 15.5. The average Bonchev–Trinajstić information content (AvgIpc) is 2.94. The number of rotatable bonds is 5. The van der Waals surface area contributed by atoms with Gasteiger partial charge in [-0.15, -0.1) is 11.3 Å². The van der Waals surface area contributed by atoms with Gasteiger partial charge in [-0.2, -0.15) is 5.10 Å². The van der Waals surface area contributed by atoms with E-state index in [-0.39, 0.29) is 18.0 Å². The van der Waals surface area contributed by atoms with E-state index in [1.54, 1.807) is 13.2 Å². The van der Waals surface area contributed by atoms with Crippen molar-refractivity contribution < 1.29 is 9.53 Å². The van der Waals surface area contributed by atoms with Gasteiger partial charge in [0.15, 0.2) is 5.13 Å². The van der Waals surface area contributed by atoms with Gasteiger partial charge in [-0.25, -0.2) is 9.67 Å². The van der Waals surface area contributed by atoms with E-state index in [4.69, 9.17) is 4.74 Å². The van der Waals surface area contributed by atoms with Crippen LogP contribution in [0, 0.1) is 13.8 Å². The van der Waals surface area contributed by atoms with E-state index in [1.165, 1.54) is 17.4 Å². The Hall–Kier alpha value is -3.00. The molecule has 0 saturated carbocycles. The van der Waals surface area contributed by atoms with Crippen molar-refractivity contribution in [3.8, 4) is 17.0 Å². The zero-order chi connectivity index (χ0) is 18.7. The van der Waals surface area contributed by atoms with Gasteiger partial charge < -0.3 is 10.1 Å². The predicted octanol–water partition coefficient (Wildman–Crippen LogP) is 2.63. The maximum atomic E-state index is 12.2. The quantitative estimate of drug-likeness (QED) is 0.746. The average molecular weight is 370 g/mol. The fourth-order valence-electron chi connectivity index (χ4n) is 2.30. The first kappa shape index (κ1) is 17.8. The van der Waals surface area contributed by atoms with Crippen LogP contribution in [0.2, 0.25) is 0 Å². The molecule has 3 aromatic rings. The molecular formula is C18H18N4O3S. The number of hydrogen-bond acceptors (Lipinski definition) is 6. The third kappa shape index (κ3) is 3.97. The molecule has 0 unspecified atom stereocenters. The molecule has 8 heteroatoms. The highest BCUT2D eigenvalue weighted by Crippen LogP contribution is 2.21. The Morgan fingerprint density at radius 3 is 2.54 bits per heavy atom. The lowest BCUT2D eigenvalue weighted by molar-refractivity contribution is -0.117. The third-order valence-electron chi connectivity index (χ3n) is 3.82. The van der Waals surface area contributed by atoms with E-state index in [0.29, 0.717) is 10.8 Å². The first-order valence-electron chi connectivity index (χ1n) is 7.93. The Bertz CT molecular complexity index is 973. The van der Waals surface area contributed by atoms with Crippen molar-refractivity contribution in [1.82, 2.24) is 14.8 Å². The number of aromatic nitrogens is 3. The fraction of sp³-hybridized carbons (Fsp3) is 0.222. The Morgan fingerprint density at radius 1 is 1.19 bits per heavy atom. The molecule has 0 aliphatic carbocycles. The van der Waals surface area contributed by atoms with Crippen LogP contribution < -0.4 is 15.6 Å². The van der Waals surface area contributed by atoms with Crippen molar-refractivity contribution in [2.24, 2.45) is 0 Å². The number of benzene rings is 1. The lowest BCUT2D eigenvalue weighted by Crippen LogP contribution is -2.29. The number of carbonyl (C=O) groups excluding carboxylic acids is 1. The molecule has 1 amide bonds.